The Morgan fingerprint density at radius 1 is 1.21 bits per heavy atom. The highest BCUT2D eigenvalue weighted by molar-refractivity contribution is 7.87. The van der Waals surface area contributed by atoms with E-state index in [1.165, 1.54) is 6.92 Å². The van der Waals surface area contributed by atoms with Gasteiger partial charge < -0.3 is 9.47 Å². The first-order valence-corrected chi connectivity index (χ1v) is 10.6. The van der Waals surface area contributed by atoms with Crippen molar-refractivity contribution in [1.82, 2.24) is 0 Å². The number of rotatable bonds is 5. The predicted octanol–water partition coefficient (Wildman–Crippen LogP) is 2.19. The molecule has 3 rings (SSSR count). The Bertz CT molecular complexity index is 776. The topological polar surface area (TPSA) is 96.0 Å². The first kappa shape index (κ1) is 21.4. The summed E-state index contributed by atoms with van der Waals surface area (Å²) in [5.41, 5.74) is -0.835. The minimum Gasteiger partial charge on any atom is -0.456 e. The van der Waals surface area contributed by atoms with Crippen molar-refractivity contribution in [3.63, 3.8) is 0 Å². The minimum absolute atomic E-state index is 0.0479. The van der Waals surface area contributed by atoms with E-state index in [0.29, 0.717) is 6.42 Å². The molecule has 11 heteroatoms. The number of hydrogen-bond donors (Lipinski definition) is 0. The van der Waals surface area contributed by atoms with Crippen molar-refractivity contribution in [2.45, 2.75) is 70.3 Å². The molecule has 7 unspecified atom stereocenters. The highest BCUT2D eigenvalue weighted by Gasteiger charge is 2.75. The average molecular weight is 428 g/mol. The molecule has 1 aliphatic heterocycles. The zero-order chi connectivity index (χ0) is 21.2. The lowest BCUT2D eigenvalue weighted by molar-refractivity contribution is -0.206. The van der Waals surface area contributed by atoms with Gasteiger partial charge in [-0.3, -0.25) is 8.98 Å². The van der Waals surface area contributed by atoms with Gasteiger partial charge in [0.1, 0.15) is 17.5 Å². The van der Waals surface area contributed by atoms with Crippen LogP contribution in [0.1, 0.15) is 40.5 Å². The summed E-state index contributed by atoms with van der Waals surface area (Å²) in [6, 6.07) is 0. The number of halogens is 3. The molecule has 28 heavy (non-hydrogen) atoms. The van der Waals surface area contributed by atoms with E-state index in [0.717, 1.165) is 0 Å². The fourth-order valence-corrected chi connectivity index (χ4v) is 6.42. The Kier molecular flexibility index (Phi) is 5.02. The Labute approximate surface area is 161 Å². The molecule has 160 valence electrons. The molecule has 0 radical (unpaired) electrons. The van der Waals surface area contributed by atoms with Crippen molar-refractivity contribution < 1.29 is 44.8 Å². The van der Waals surface area contributed by atoms with Crippen molar-refractivity contribution in [3.8, 4) is 0 Å². The molecule has 3 fully saturated rings. The lowest BCUT2D eigenvalue weighted by atomic mass is 9.84. The zero-order valence-electron chi connectivity index (χ0n) is 15.9. The average Bonchev–Trinajstić information content (AvgIpc) is 3.16. The molecule has 3 aliphatic rings. The highest BCUT2D eigenvalue weighted by Crippen LogP contribution is 2.62. The van der Waals surface area contributed by atoms with Gasteiger partial charge in [-0.2, -0.15) is 21.6 Å². The van der Waals surface area contributed by atoms with Gasteiger partial charge >= 0.3 is 18.1 Å². The third-order valence-corrected chi connectivity index (χ3v) is 8.01. The van der Waals surface area contributed by atoms with Crippen LogP contribution in [0.4, 0.5) is 13.2 Å². The maximum Gasteiger partial charge on any atom is 0.393 e. The number of alkyl halides is 3. The molecule has 2 saturated carbocycles. The summed E-state index contributed by atoms with van der Waals surface area (Å²) < 4.78 is 79.8. The largest absolute Gasteiger partial charge is 0.456 e. The van der Waals surface area contributed by atoms with Gasteiger partial charge in [-0.15, -0.1) is 0 Å². The maximum absolute atomic E-state index is 13.5. The van der Waals surface area contributed by atoms with Gasteiger partial charge in [-0.05, 0) is 33.6 Å². The van der Waals surface area contributed by atoms with E-state index >= 15 is 0 Å². The maximum atomic E-state index is 13.5. The van der Waals surface area contributed by atoms with Crippen LogP contribution in [0.2, 0.25) is 0 Å². The van der Waals surface area contributed by atoms with E-state index in [1.807, 2.05) is 0 Å². The summed E-state index contributed by atoms with van der Waals surface area (Å²) in [5, 5.41) is -1.65. The normalized spacial score (nSPS) is 37.0. The van der Waals surface area contributed by atoms with Gasteiger partial charge in [-0.25, -0.2) is 4.79 Å². The Balaban J connectivity index is 1.75. The van der Waals surface area contributed by atoms with Gasteiger partial charge in [0.25, 0.3) is 10.1 Å². The second kappa shape index (κ2) is 6.58. The van der Waals surface area contributed by atoms with E-state index in [4.69, 9.17) is 13.7 Å². The van der Waals surface area contributed by atoms with E-state index in [9.17, 15) is 31.2 Å². The number of ether oxygens (including phenoxy) is 2. The van der Waals surface area contributed by atoms with Crippen LogP contribution in [0.25, 0.3) is 0 Å². The first-order valence-electron chi connectivity index (χ1n) is 9.11. The number of esters is 2. The molecule has 1 saturated heterocycles. The van der Waals surface area contributed by atoms with Crippen molar-refractivity contribution in [3.05, 3.63) is 0 Å². The summed E-state index contributed by atoms with van der Waals surface area (Å²) >= 11 is 0. The van der Waals surface area contributed by atoms with E-state index in [2.05, 4.69) is 0 Å². The van der Waals surface area contributed by atoms with Crippen LogP contribution in [0.3, 0.4) is 0 Å². The van der Waals surface area contributed by atoms with E-state index < -0.39 is 75.0 Å². The van der Waals surface area contributed by atoms with Gasteiger partial charge in [0.05, 0.1) is 11.3 Å². The number of carbonyl (C=O) groups is 2. The Morgan fingerprint density at radius 2 is 1.82 bits per heavy atom. The second-order valence-electron chi connectivity index (χ2n) is 8.34. The molecule has 2 bridgehead atoms. The molecular weight excluding hydrogens is 405 g/mol. The number of fused-ring (bicyclic) bond motifs is 1. The molecule has 2 aliphatic carbocycles. The standard InChI is InChI=1S/C17H23F3O7S/c1-5-16(3,4)15(22)25-7(2)14(21)26-11-8-6-9-12(11)27-28(23,24)13(9)10(8)17(18,19)20/h7-13H,5-6H2,1-4H3. The SMILES string of the molecule is CCC(C)(C)C(=O)OC(C)C(=O)OC1C2CC3C1OS(=O)(=O)C3C2C(F)(F)F. The zero-order valence-corrected chi connectivity index (χ0v) is 16.7. The molecule has 0 spiro atoms. The molecule has 0 amide bonds. The quantitative estimate of drug-likeness (QED) is 0.489. The predicted molar refractivity (Wildman–Crippen MR) is 88.2 cm³/mol. The number of hydrogen-bond acceptors (Lipinski definition) is 7. The monoisotopic (exact) mass is 428 g/mol. The van der Waals surface area contributed by atoms with E-state index in [-0.39, 0.29) is 6.42 Å². The highest BCUT2D eigenvalue weighted by atomic mass is 32.2. The van der Waals surface area contributed by atoms with E-state index in [1.54, 1.807) is 20.8 Å². The second-order valence-corrected chi connectivity index (χ2v) is 10.1. The Morgan fingerprint density at radius 3 is 2.36 bits per heavy atom. The van der Waals surface area contributed by atoms with Crippen molar-refractivity contribution in [1.29, 1.82) is 0 Å². The third kappa shape index (κ3) is 3.30. The van der Waals surface area contributed by atoms with Gasteiger partial charge in [0.2, 0.25) is 0 Å². The molecule has 0 N–H and O–H groups in total. The molecule has 0 aromatic heterocycles. The fourth-order valence-electron chi connectivity index (χ4n) is 4.32. The Hall–Kier alpha value is -1.36. The summed E-state index contributed by atoms with van der Waals surface area (Å²) in [5.74, 6) is -5.87. The van der Waals surface area contributed by atoms with Crippen molar-refractivity contribution in [2.24, 2.45) is 23.2 Å². The molecule has 1 heterocycles. The lowest BCUT2D eigenvalue weighted by Gasteiger charge is -2.33. The summed E-state index contributed by atoms with van der Waals surface area (Å²) in [7, 11) is -4.39. The first-order chi connectivity index (χ1) is 12.7. The summed E-state index contributed by atoms with van der Waals surface area (Å²) in [6.07, 6.45) is -8.16. The molecule has 7 nitrogen and oxygen atoms in total. The van der Waals surface area contributed by atoms with Crippen LogP contribution in [-0.2, 0) is 33.4 Å². The van der Waals surface area contributed by atoms with Crippen molar-refractivity contribution >= 4 is 22.1 Å². The van der Waals surface area contributed by atoms with Crippen molar-refractivity contribution in [2.75, 3.05) is 0 Å². The van der Waals surface area contributed by atoms with Gasteiger partial charge in [0.15, 0.2) is 6.10 Å². The summed E-state index contributed by atoms with van der Waals surface area (Å²) in [4.78, 5) is 24.4. The third-order valence-electron chi connectivity index (χ3n) is 6.21. The van der Waals surface area contributed by atoms with Crippen LogP contribution < -0.4 is 0 Å². The smallest absolute Gasteiger partial charge is 0.393 e. The minimum atomic E-state index is -4.76. The van der Waals surface area contributed by atoms with Crippen LogP contribution in [0, 0.1) is 23.2 Å². The lowest BCUT2D eigenvalue weighted by Crippen LogP contribution is -2.49. The number of carbonyl (C=O) groups excluding carboxylic acids is 2. The molecular formula is C17H23F3O7S. The van der Waals surface area contributed by atoms with Crippen LogP contribution >= 0.6 is 0 Å². The molecule has 0 aromatic rings. The van der Waals surface area contributed by atoms with Crippen LogP contribution in [0.5, 0.6) is 0 Å². The molecule has 0 aromatic carbocycles. The van der Waals surface area contributed by atoms with Crippen LogP contribution in [0.15, 0.2) is 0 Å². The van der Waals surface area contributed by atoms with Crippen LogP contribution in [-0.4, -0.2) is 50.1 Å². The fraction of sp³-hybridized carbons (Fsp3) is 0.882. The van der Waals surface area contributed by atoms with Gasteiger partial charge in [0, 0.05) is 11.8 Å². The molecule has 7 atom stereocenters. The summed E-state index contributed by atoms with van der Waals surface area (Å²) in [6.45, 7) is 6.30. The van der Waals surface area contributed by atoms with Gasteiger partial charge in [-0.1, -0.05) is 6.92 Å².